The van der Waals surface area contributed by atoms with Gasteiger partial charge in [-0.2, -0.15) is 5.10 Å². The van der Waals surface area contributed by atoms with Gasteiger partial charge >= 0.3 is 0 Å². The van der Waals surface area contributed by atoms with Crippen LogP contribution >= 0.6 is 0 Å². The monoisotopic (exact) mass is 404 g/mol. The second kappa shape index (κ2) is 7.78. The molecule has 0 bridgehead atoms. The van der Waals surface area contributed by atoms with Crippen molar-refractivity contribution in [2.75, 3.05) is 10.6 Å². The molecule has 8 nitrogen and oxygen atoms in total. The Hall–Kier alpha value is -3.01. The molecule has 3 N–H and O–H groups in total. The van der Waals surface area contributed by atoms with Gasteiger partial charge in [-0.05, 0) is 37.1 Å². The van der Waals surface area contributed by atoms with E-state index >= 15 is 0 Å². The van der Waals surface area contributed by atoms with Crippen molar-refractivity contribution in [2.45, 2.75) is 44.3 Å². The SMILES string of the molecule is Cn1cc(NC(=O)c2ccc3ccc(N[C@@H]4CCCC[C@@H]4O)nn23)c(C(F)F)n1. The molecule has 0 aliphatic heterocycles. The number of nitrogens with zero attached hydrogens (tertiary/aromatic N) is 4. The van der Waals surface area contributed by atoms with Crippen LogP contribution in [0.3, 0.4) is 0 Å². The molecular weight excluding hydrogens is 382 g/mol. The van der Waals surface area contributed by atoms with E-state index < -0.39 is 24.1 Å². The van der Waals surface area contributed by atoms with E-state index in [0.29, 0.717) is 11.3 Å². The summed E-state index contributed by atoms with van der Waals surface area (Å²) in [5, 5.41) is 24.0. The Labute approximate surface area is 165 Å². The summed E-state index contributed by atoms with van der Waals surface area (Å²) < 4.78 is 28.9. The summed E-state index contributed by atoms with van der Waals surface area (Å²) in [6.07, 6.45) is 1.72. The molecule has 0 aromatic carbocycles. The van der Waals surface area contributed by atoms with Gasteiger partial charge in [0.1, 0.15) is 11.5 Å². The second-order valence-electron chi connectivity index (χ2n) is 7.23. The molecule has 1 aliphatic carbocycles. The summed E-state index contributed by atoms with van der Waals surface area (Å²) in [5.41, 5.74) is 0.368. The van der Waals surface area contributed by atoms with E-state index in [4.69, 9.17) is 0 Å². The number of carbonyl (C=O) groups excluding carboxylic acids is 1. The summed E-state index contributed by atoms with van der Waals surface area (Å²) >= 11 is 0. The minimum atomic E-state index is -2.80. The maximum absolute atomic E-state index is 13.1. The summed E-state index contributed by atoms with van der Waals surface area (Å²) in [7, 11) is 1.51. The molecule has 3 aromatic rings. The van der Waals surface area contributed by atoms with Crippen LogP contribution < -0.4 is 10.6 Å². The summed E-state index contributed by atoms with van der Waals surface area (Å²) in [6, 6.07) is 6.79. The molecule has 0 spiro atoms. The number of fused-ring (bicyclic) bond motifs is 1. The number of nitrogens with one attached hydrogen (secondary N) is 2. The van der Waals surface area contributed by atoms with Crippen LogP contribution in [-0.2, 0) is 7.05 Å². The zero-order valence-electron chi connectivity index (χ0n) is 15.8. The van der Waals surface area contributed by atoms with E-state index in [1.54, 1.807) is 24.3 Å². The van der Waals surface area contributed by atoms with E-state index in [1.807, 2.05) is 0 Å². The van der Waals surface area contributed by atoms with E-state index in [0.717, 1.165) is 25.7 Å². The first-order valence-corrected chi connectivity index (χ1v) is 9.49. The molecule has 3 heterocycles. The molecular formula is C19H22F2N6O2. The van der Waals surface area contributed by atoms with Crippen LogP contribution in [0.5, 0.6) is 0 Å². The smallest absolute Gasteiger partial charge is 0.284 e. The number of amides is 1. The largest absolute Gasteiger partial charge is 0.391 e. The number of hydrogen-bond donors (Lipinski definition) is 3. The minimum absolute atomic E-state index is 0.0398. The molecule has 10 heteroatoms. The normalized spacial score (nSPS) is 19.6. The van der Waals surface area contributed by atoms with Crippen LogP contribution in [0.15, 0.2) is 30.5 Å². The minimum Gasteiger partial charge on any atom is -0.391 e. The summed E-state index contributed by atoms with van der Waals surface area (Å²) in [4.78, 5) is 12.7. The number of halogens is 2. The molecule has 3 aromatic heterocycles. The van der Waals surface area contributed by atoms with Gasteiger partial charge in [-0.3, -0.25) is 9.48 Å². The van der Waals surface area contributed by atoms with Gasteiger partial charge in [0.15, 0.2) is 5.69 Å². The number of rotatable bonds is 5. The van der Waals surface area contributed by atoms with Crippen molar-refractivity contribution < 1.29 is 18.7 Å². The lowest BCUT2D eigenvalue weighted by Crippen LogP contribution is -2.36. The molecule has 4 rings (SSSR count). The lowest BCUT2D eigenvalue weighted by atomic mass is 9.93. The van der Waals surface area contributed by atoms with Gasteiger partial charge in [0.25, 0.3) is 12.3 Å². The average Bonchev–Trinajstić information content (AvgIpc) is 3.26. The first-order valence-electron chi connectivity index (χ1n) is 9.49. The molecule has 29 heavy (non-hydrogen) atoms. The van der Waals surface area contributed by atoms with Crippen LogP contribution in [0.25, 0.3) is 5.52 Å². The van der Waals surface area contributed by atoms with Crippen molar-refractivity contribution in [3.8, 4) is 0 Å². The Morgan fingerprint density at radius 2 is 1.97 bits per heavy atom. The molecule has 2 atom stereocenters. The Morgan fingerprint density at radius 1 is 1.21 bits per heavy atom. The fourth-order valence-electron chi connectivity index (χ4n) is 3.66. The van der Waals surface area contributed by atoms with Gasteiger partial charge in [0.2, 0.25) is 0 Å². The predicted octanol–water partition coefficient (Wildman–Crippen LogP) is 2.97. The number of aliphatic hydroxyl groups is 1. The first kappa shape index (κ1) is 19.3. The Kier molecular flexibility index (Phi) is 5.18. The molecule has 1 aliphatic rings. The second-order valence-corrected chi connectivity index (χ2v) is 7.23. The number of aryl methyl sites for hydroxylation is 1. The molecule has 1 amide bonds. The number of anilines is 2. The fraction of sp³-hybridized carbons (Fsp3) is 0.421. The van der Waals surface area contributed by atoms with Crippen LogP contribution in [-0.4, -0.2) is 42.6 Å². The predicted molar refractivity (Wildman–Crippen MR) is 103 cm³/mol. The van der Waals surface area contributed by atoms with Crippen molar-refractivity contribution in [1.29, 1.82) is 0 Å². The van der Waals surface area contributed by atoms with Gasteiger partial charge in [-0.15, -0.1) is 5.10 Å². The zero-order chi connectivity index (χ0) is 20.5. The van der Waals surface area contributed by atoms with Crippen LogP contribution in [0, 0.1) is 0 Å². The number of hydrogen-bond acceptors (Lipinski definition) is 5. The highest BCUT2D eigenvalue weighted by molar-refractivity contribution is 6.04. The van der Waals surface area contributed by atoms with Crippen molar-refractivity contribution in [1.82, 2.24) is 19.4 Å². The highest BCUT2D eigenvalue weighted by Crippen LogP contribution is 2.26. The third-order valence-corrected chi connectivity index (χ3v) is 5.11. The molecule has 0 unspecified atom stereocenters. The fourth-order valence-corrected chi connectivity index (χ4v) is 3.66. The van der Waals surface area contributed by atoms with Gasteiger partial charge in [0, 0.05) is 13.2 Å². The third-order valence-electron chi connectivity index (χ3n) is 5.11. The van der Waals surface area contributed by atoms with Crippen molar-refractivity contribution in [3.05, 3.63) is 41.9 Å². The Morgan fingerprint density at radius 3 is 2.72 bits per heavy atom. The molecule has 1 fully saturated rings. The third kappa shape index (κ3) is 3.93. The van der Waals surface area contributed by atoms with Gasteiger partial charge in [-0.1, -0.05) is 12.8 Å². The zero-order valence-corrected chi connectivity index (χ0v) is 15.8. The number of carbonyl (C=O) groups is 1. The van der Waals surface area contributed by atoms with Gasteiger partial charge in [0.05, 0.1) is 23.3 Å². The molecule has 0 saturated heterocycles. The van der Waals surface area contributed by atoms with Crippen LogP contribution in [0.2, 0.25) is 0 Å². The quantitative estimate of drug-likeness (QED) is 0.608. The van der Waals surface area contributed by atoms with Crippen molar-refractivity contribution in [3.63, 3.8) is 0 Å². The first-order chi connectivity index (χ1) is 13.9. The van der Waals surface area contributed by atoms with Crippen LogP contribution in [0.4, 0.5) is 20.3 Å². The van der Waals surface area contributed by atoms with Gasteiger partial charge < -0.3 is 15.7 Å². The maximum Gasteiger partial charge on any atom is 0.284 e. The van der Waals surface area contributed by atoms with Crippen molar-refractivity contribution >= 4 is 22.9 Å². The van der Waals surface area contributed by atoms with Crippen LogP contribution in [0.1, 0.15) is 48.3 Å². The molecule has 0 radical (unpaired) electrons. The average molecular weight is 404 g/mol. The highest BCUT2D eigenvalue weighted by atomic mass is 19.3. The lowest BCUT2D eigenvalue weighted by Gasteiger charge is -2.28. The van der Waals surface area contributed by atoms with Gasteiger partial charge in [-0.25, -0.2) is 13.3 Å². The van der Waals surface area contributed by atoms with E-state index in [2.05, 4.69) is 20.8 Å². The molecule has 1 saturated carbocycles. The van der Waals surface area contributed by atoms with Crippen molar-refractivity contribution in [2.24, 2.45) is 7.05 Å². The summed E-state index contributed by atoms with van der Waals surface area (Å²) in [5.74, 6) is -0.0365. The standard InChI is InChI=1S/C19H22F2N6O2/c1-26-10-13(17(25-26)18(20)21)23-19(29)14-8-6-11-7-9-16(24-27(11)14)22-12-4-2-3-5-15(12)28/h6-10,12,15,18,28H,2-5H2,1H3,(H,22,24)(H,23,29)/t12-,15+/m1/s1. The number of aromatic nitrogens is 4. The molecule has 154 valence electrons. The topological polar surface area (TPSA) is 96.5 Å². The lowest BCUT2D eigenvalue weighted by molar-refractivity contribution is 0.101. The maximum atomic E-state index is 13.1. The Bertz CT molecular complexity index is 1030. The summed E-state index contributed by atoms with van der Waals surface area (Å²) in [6.45, 7) is 0. The highest BCUT2D eigenvalue weighted by Gasteiger charge is 2.24. The Balaban J connectivity index is 1.58. The number of aliphatic hydroxyl groups excluding tert-OH is 1. The number of alkyl halides is 2. The van der Waals surface area contributed by atoms with E-state index in [1.165, 1.54) is 22.4 Å². The van der Waals surface area contributed by atoms with E-state index in [9.17, 15) is 18.7 Å². The van der Waals surface area contributed by atoms with E-state index in [-0.39, 0.29) is 17.4 Å².